The Kier molecular flexibility index (Phi) is 4.83. The van der Waals surface area contributed by atoms with Gasteiger partial charge in [0.1, 0.15) is 11.9 Å². The molecule has 0 N–H and O–H groups in total. The summed E-state index contributed by atoms with van der Waals surface area (Å²) in [7, 11) is 1.65. The molecule has 2 atom stereocenters. The maximum atomic E-state index is 12.0. The van der Waals surface area contributed by atoms with Gasteiger partial charge in [-0.2, -0.15) is 0 Å². The molecule has 0 spiro atoms. The van der Waals surface area contributed by atoms with Gasteiger partial charge in [-0.3, -0.25) is 4.79 Å². The summed E-state index contributed by atoms with van der Waals surface area (Å²) in [5, 5.41) is 0. The van der Waals surface area contributed by atoms with Crippen molar-refractivity contribution in [1.29, 1.82) is 0 Å². The van der Waals surface area contributed by atoms with Gasteiger partial charge < -0.3 is 9.47 Å². The summed E-state index contributed by atoms with van der Waals surface area (Å²) in [6.45, 7) is 2.15. The summed E-state index contributed by atoms with van der Waals surface area (Å²) in [6, 6.07) is 7.77. The fourth-order valence-electron chi connectivity index (χ4n) is 2.53. The van der Waals surface area contributed by atoms with Crippen molar-refractivity contribution >= 4 is 5.97 Å². The Balaban J connectivity index is 1.95. The highest BCUT2D eigenvalue weighted by molar-refractivity contribution is 5.73. The van der Waals surface area contributed by atoms with E-state index >= 15 is 0 Å². The first-order chi connectivity index (χ1) is 9.24. The van der Waals surface area contributed by atoms with Crippen molar-refractivity contribution in [2.75, 3.05) is 7.11 Å². The number of unbranched alkanes of at least 4 members (excludes halogenated alkanes) is 1. The number of carbonyl (C=O) groups is 1. The molecule has 0 radical (unpaired) electrons. The summed E-state index contributed by atoms with van der Waals surface area (Å²) in [4.78, 5) is 12.0. The quantitative estimate of drug-likeness (QED) is 0.755. The van der Waals surface area contributed by atoms with Crippen LogP contribution in [0.25, 0.3) is 0 Å². The van der Waals surface area contributed by atoms with Crippen molar-refractivity contribution < 1.29 is 14.3 Å². The monoisotopic (exact) mass is 262 g/mol. The molecule has 1 heterocycles. The van der Waals surface area contributed by atoms with Crippen molar-refractivity contribution in [3.05, 3.63) is 29.8 Å². The van der Waals surface area contributed by atoms with Crippen molar-refractivity contribution in [2.24, 2.45) is 5.92 Å². The van der Waals surface area contributed by atoms with Crippen LogP contribution in [0.5, 0.6) is 5.75 Å². The molecular formula is C16H22O3. The predicted molar refractivity (Wildman–Crippen MR) is 74.1 cm³/mol. The number of cyclic esters (lactones) is 1. The van der Waals surface area contributed by atoms with Gasteiger partial charge in [-0.25, -0.2) is 0 Å². The van der Waals surface area contributed by atoms with Crippen molar-refractivity contribution in [3.8, 4) is 5.75 Å². The van der Waals surface area contributed by atoms with E-state index in [1.165, 1.54) is 0 Å². The van der Waals surface area contributed by atoms with Crippen LogP contribution in [0, 0.1) is 5.92 Å². The molecule has 2 rings (SSSR count). The van der Waals surface area contributed by atoms with Crippen LogP contribution in [0.3, 0.4) is 0 Å². The van der Waals surface area contributed by atoms with E-state index in [9.17, 15) is 4.79 Å². The van der Waals surface area contributed by atoms with E-state index in [1.54, 1.807) is 7.11 Å². The summed E-state index contributed by atoms with van der Waals surface area (Å²) in [5.74, 6) is 0.904. The van der Waals surface area contributed by atoms with Gasteiger partial charge in [-0.1, -0.05) is 31.9 Å². The lowest BCUT2D eigenvalue weighted by atomic mass is 9.90. The first-order valence-corrected chi connectivity index (χ1v) is 7.09. The maximum Gasteiger partial charge on any atom is 0.309 e. The fraction of sp³-hybridized carbons (Fsp3) is 0.562. The maximum absolute atomic E-state index is 12.0. The number of rotatable bonds is 5. The molecule has 0 amide bonds. The molecule has 104 valence electrons. The minimum absolute atomic E-state index is 0.0273. The molecule has 19 heavy (non-hydrogen) atoms. The number of esters is 1. The Hall–Kier alpha value is -1.51. The van der Waals surface area contributed by atoms with Crippen LogP contribution in [0.15, 0.2) is 24.3 Å². The van der Waals surface area contributed by atoms with Crippen LogP contribution in [-0.4, -0.2) is 13.1 Å². The zero-order valence-electron chi connectivity index (χ0n) is 11.7. The minimum atomic E-state index is -0.0868. The lowest BCUT2D eigenvalue weighted by molar-refractivity contribution is -0.161. The molecular weight excluding hydrogens is 240 g/mol. The normalized spacial score (nSPS) is 22.9. The molecule has 0 saturated carbocycles. The molecule has 0 unspecified atom stereocenters. The first kappa shape index (κ1) is 13.9. The van der Waals surface area contributed by atoms with Gasteiger partial charge in [0, 0.05) is 0 Å². The van der Waals surface area contributed by atoms with Crippen molar-refractivity contribution in [2.45, 2.75) is 45.1 Å². The van der Waals surface area contributed by atoms with E-state index in [1.807, 2.05) is 24.3 Å². The van der Waals surface area contributed by atoms with Gasteiger partial charge in [0.05, 0.1) is 13.0 Å². The second-order valence-electron chi connectivity index (χ2n) is 5.12. The number of hydrogen-bond acceptors (Lipinski definition) is 3. The Labute approximate surface area is 114 Å². The smallest absolute Gasteiger partial charge is 0.309 e. The molecule has 0 aromatic heterocycles. The predicted octanol–water partition coefficient (Wildman–Crippen LogP) is 3.88. The third-order valence-electron chi connectivity index (χ3n) is 3.76. The van der Waals surface area contributed by atoms with E-state index in [0.717, 1.165) is 43.4 Å². The summed E-state index contributed by atoms with van der Waals surface area (Å²) >= 11 is 0. The van der Waals surface area contributed by atoms with Gasteiger partial charge in [0.25, 0.3) is 0 Å². The Bertz CT molecular complexity index is 411. The van der Waals surface area contributed by atoms with Crippen LogP contribution in [0.1, 0.15) is 50.7 Å². The lowest BCUT2D eigenvalue weighted by Gasteiger charge is -2.28. The molecule has 1 aliphatic heterocycles. The van der Waals surface area contributed by atoms with Crippen molar-refractivity contribution in [3.63, 3.8) is 0 Å². The molecule has 1 aliphatic rings. The van der Waals surface area contributed by atoms with E-state index in [2.05, 4.69) is 6.92 Å². The van der Waals surface area contributed by atoms with Gasteiger partial charge >= 0.3 is 5.97 Å². The lowest BCUT2D eigenvalue weighted by Crippen LogP contribution is -2.26. The van der Waals surface area contributed by atoms with E-state index < -0.39 is 0 Å². The van der Waals surface area contributed by atoms with Crippen LogP contribution >= 0.6 is 0 Å². The second kappa shape index (κ2) is 6.60. The third kappa shape index (κ3) is 3.49. The summed E-state index contributed by atoms with van der Waals surface area (Å²) in [5.41, 5.74) is 1.06. The molecule has 1 aromatic rings. The highest BCUT2D eigenvalue weighted by atomic mass is 16.5. The van der Waals surface area contributed by atoms with Crippen LogP contribution < -0.4 is 4.74 Å². The number of ether oxygens (including phenoxy) is 2. The number of methoxy groups -OCH3 is 1. The van der Waals surface area contributed by atoms with Crippen LogP contribution in [0.2, 0.25) is 0 Å². The second-order valence-corrected chi connectivity index (χ2v) is 5.12. The van der Waals surface area contributed by atoms with Gasteiger partial charge in [0.2, 0.25) is 0 Å². The first-order valence-electron chi connectivity index (χ1n) is 7.09. The number of benzene rings is 1. The molecule has 3 nitrogen and oxygen atoms in total. The number of hydrogen-bond donors (Lipinski definition) is 0. The average Bonchev–Trinajstić information content (AvgIpc) is 2.46. The number of carbonyl (C=O) groups excluding carboxylic acids is 1. The largest absolute Gasteiger partial charge is 0.497 e. The highest BCUT2D eigenvalue weighted by Crippen LogP contribution is 2.34. The van der Waals surface area contributed by atoms with Crippen LogP contribution in [0.4, 0.5) is 0 Å². The molecule has 3 heteroatoms. The molecule has 1 saturated heterocycles. The Morgan fingerprint density at radius 1 is 1.26 bits per heavy atom. The average molecular weight is 262 g/mol. The molecule has 1 aromatic carbocycles. The zero-order valence-corrected chi connectivity index (χ0v) is 11.7. The SMILES string of the molecule is CCCC[C@@H]1CC[C@@H](c2ccc(OC)cc2)OC1=O. The Morgan fingerprint density at radius 3 is 2.58 bits per heavy atom. The van der Waals surface area contributed by atoms with E-state index in [-0.39, 0.29) is 18.0 Å². The van der Waals surface area contributed by atoms with Gasteiger partial charge in [-0.15, -0.1) is 0 Å². The van der Waals surface area contributed by atoms with E-state index in [0.29, 0.717) is 0 Å². The molecule has 1 fully saturated rings. The molecule has 0 bridgehead atoms. The zero-order chi connectivity index (χ0) is 13.7. The van der Waals surface area contributed by atoms with Crippen molar-refractivity contribution in [1.82, 2.24) is 0 Å². The topological polar surface area (TPSA) is 35.5 Å². The highest BCUT2D eigenvalue weighted by Gasteiger charge is 2.30. The van der Waals surface area contributed by atoms with Crippen LogP contribution in [-0.2, 0) is 9.53 Å². The van der Waals surface area contributed by atoms with Gasteiger partial charge in [-0.05, 0) is 37.0 Å². The third-order valence-corrected chi connectivity index (χ3v) is 3.76. The van der Waals surface area contributed by atoms with E-state index in [4.69, 9.17) is 9.47 Å². The minimum Gasteiger partial charge on any atom is -0.497 e. The van der Waals surface area contributed by atoms with Gasteiger partial charge in [0.15, 0.2) is 0 Å². The summed E-state index contributed by atoms with van der Waals surface area (Å²) < 4.78 is 10.7. The Morgan fingerprint density at radius 2 is 2.00 bits per heavy atom. The molecule has 0 aliphatic carbocycles. The fourth-order valence-corrected chi connectivity index (χ4v) is 2.53. The standard InChI is InChI=1S/C16H22O3/c1-3-4-5-13-8-11-15(19-16(13)17)12-6-9-14(18-2)10-7-12/h6-7,9-10,13,15H,3-5,8,11H2,1-2H3/t13-,15+/m1/s1. The summed E-state index contributed by atoms with van der Waals surface area (Å²) in [6.07, 6.45) is 4.97.